The number of ether oxygens (including phenoxy) is 2. The molecule has 128 valence electrons. The van der Waals surface area contributed by atoms with E-state index in [0.717, 1.165) is 68.3 Å². The smallest absolute Gasteiger partial charge is 0.162 e. The van der Waals surface area contributed by atoms with Crippen LogP contribution in [-0.2, 0) is 0 Å². The van der Waals surface area contributed by atoms with E-state index in [4.69, 9.17) is 9.47 Å². The molecule has 0 bridgehead atoms. The van der Waals surface area contributed by atoms with Gasteiger partial charge in [-0.3, -0.25) is 0 Å². The first-order chi connectivity index (χ1) is 11.2. The number of anilines is 2. The highest BCUT2D eigenvalue weighted by atomic mass is 16.5. The van der Waals surface area contributed by atoms with Gasteiger partial charge >= 0.3 is 0 Å². The van der Waals surface area contributed by atoms with Gasteiger partial charge in [-0.1, -0.05) is 0 Å². The van der Waals surface area contributed by atoms with Crippen molar-refractivity contribution in [2.45, 2.75) is 24.8 Å². The van der Waals surface area contributed by atoms with E-state index in [1.165, 1.54) is 0 Å². The molecule has 0 amide bonds. The Morgan fingerprint density at radius 3 is 2.52 bits per heavy atom. The van der Waals surface area contributed by atoms with E-state index in [1.54, 1.807) is 14.2 Å². The van der Waals surface area contributed by atoms with Crippen LogP contribution >= 0.6 is 0 Å². The molecule has 0 saturated carbocycles. The number of fused-ring (bicyclic) bond motifs is 1. The molecule has 2 heterocycles. The number of hydrogen-bond acceptors (Lipinski definition) is 6. The van der Waals surface area contributed by atoms with Gasteiger partial charge in [0.05, 0.1) is 31.1 Å². The van der Waals surface area contributed by atoms with Crippen LogP contribution < -0.4 is 25.0 Å². The molecule has 0 aromatic heterocycles. The van der Waals surface area contributed by atoms with Crippen molar-refractivity contribution in [1.82, 2.24) is 5.32 Å². The maximum atomic E-state index is 9.23. The summed E-state index contributed by atoms with van der Waals surface area (Å²) in [5.74, 6) is 1.48. The van der Waals surface area contributed by atoms with Gasteiger partial charge in [0.25, 0.3) is 0 Å². The summed E-state index contributed by atoms with van der Waals surface area (Å²) in [6.07, 6.45) is 2.95. The molecule has 1 saturated heterocycles. The largest absolute Gasteiger partial charge is 0.493 e. The number of aliphatic hydroxyl groups is 1. The normalized spacial score (nSPS) is 19.2. The van der Waals surface area contributed by atoms with Crippen LogP contribution in [0, 0.1) is 0 Å². The molecule has 1 fully saturated rings. The molecule has 1 spiro atoms. The second-order valence-electron chi connectivity index (χ2n) is 6.38. The van der Waals surface area contributed by atoms with Gasteiger partial charge in [-0.2, -0.15) is 0 Å². The van der Waals surface area contributed by atoms with Gasteiger partial charge in [-0.25, -0.2) is 0 Å². The highest BCUT2D eigenvalue weighted by molar-refractivity contribution is 5.78. The average Bonchev–Trinajstić information content (AvgIpc) is 2.59. The molecule has 0 radical (unpaired) electrons. The lowest BCUT2D eigenvalue weighted by Crippen LogP contribution is -2.57. The second kappa shape index (κ2) is 6.84. The van der Waals surface area contributed by atoms with Crippen molar-refractivity contribution in [3.63, 3.8) is 0 Å². The van der Waals surface area contributed by atoms with Gasteiger partial charge in [0.1, 0.15) is 0 Å². The molecule has 6 heteroatoms. The maximum absolute atomic E-state index is 9.23. The molecular formula is C17H27N3O3. The summed E-state index contributed by atoms with van der Waals surface area (Å²) in [5, 5.41) is 16.4. The van der Waals surface area contributed by atoms with Gasteiger partial charge in [0.2, 0.25) is 0 Å². The Bertz CT molecular complexity index is 544. The first kappa shape index (κ1) is 16.2. The molecule has 3 N–H and O–H groups in total. The van der Waals surface area contributed by atoms with Gasteiger partial charge < -0.3 is 30.1 Å². The monoisotopic (exact) mass is 321 g/mol. The molecule has 6 nitrogen and oxygen atoms in total. The van der Waals surface area contributed by atoms with Gasteiger partial charge in [-0.05, 0) is 32.4 Å². The van der Waals surface area contributed by atoms with Crippen LogP contribution in [0.1, 0.15) is 19.3 Å². The van der Waals surface area contributed by atoms with E-state index < -0.39 is 0 Å². The lowest BCUT2D eigenvalue weighted by Gasteiger charge is -2.48. The molecule has 2 aliphatic rings. The zero-order valence-corrected chi connectivity index (χ0v) is 14.0. The van der Waals surface area contributed by atoms with Crippen molar-refractivity contribution in [2.24, 2.45) is 0 Å². The Labute approximate surface area is 137 Å². The molecule has 0 aliphatic carbocycles. The van der Waals surface area contributed by atoms with Crippen molar-refractivity contribution < 1.29 is 14.6 Å². The zero-order valence-electron chi connectivity index (χ0n) is 14.0. The third-order valence-corrected chi connectivity index (χ3v) is 4.88. The highest BCUT2D eigenvalue weighted by Gasteiger charge is 2.38. The SMILES string of the molecule is COc1cc2c(cc1OC)N(CCCO)CC1(CCNCC1)N2. The van der Waals surface area contributed by atoms with Crippen LogP contribution in [-0.4, -0.2) is 57.7 Å². The van der Waals surface area contributed by atoms with E-state index >= 15 is 0 Å². The zero-order chi connectivity index (χ0) is 16.3. The van der Waals surface area contributed by atoms with Gasteiger partial charge in [0, 0.05) is 31.8 Å². The topological polar surface area (TPSA) is 66.0 Å². The maximum Gasteiger partial charge on any atom is 0.162 e. The standard InChI is InChI=1S/C17H27N3O3/c1-22-15-10-13-14(11-16(15)23-2)20(8-3-9-21)12-17(19-13)4-6-18-7-5-17/h10-11,18-19,21H,3-9,12H2,1-2H3. The van der Waals surface area contributed by atoms with Crippen molar-refractivity contribution in [3.8, 4) is 11.5 Å². The quantitative estimate of drug-likeness (QED) is 0.763. The molecule has 2 aliphatic heterocycles. The lowest BCUT2D eigenvalue weighted by atomic mass is 9.85. The lowest BCUT2D eigenvalue weighted by molar-refractivity contribution is 0.283. The molecule has 0 unspecified atom stereocenters. The fourth-order valence-electron chi connectivity index (χ4n) is 3.66. The van der Waals surface area contributed by atoms with Crippen molar-refractivity contribution in [3.05, 3.63) is 12.1 Å². The molecule has 1 aromatic carbocycles. The summed E-state index contributed by atoms with van der Waals surface area (Å²) in [7, 11) is 3.32. The average molecular weight is 321 g/mol. The van der Waals surface area contributed by atoms with Crippen molar-refractivity contribution >= 4 is 11.4 Å². The Morgan fingerprint density at radius 2 is 1.87 bits per heavy atom. The predicted octanol–water partition coefficient (Wildman–Crippen LogP) is 1.44. The van der Waals surface area contributed by atoms with Crippen LogP contribution in [0.2, 0.25) is 0 Å². The predicted molar refractivity (Wildman–Crippen MR) is 91.9 cm³/mol. The number of benzene rings is 1. The molecule has 3 rings (SSSR count). The Balaban J connectivity index is 1.97. The third-order valence-electron chi connectivity index (χ3n) is 4.88. The summed E-state index contributed by atoms with van der Waals surface area (Å²) < 4.78 is 10.9. The molecular weight excluding hydrogens is 294 g/mol. The van der Waals surface area contributed by atoms with Crippen LogP contribution in [0.3, 0.4) is 0 Å². The number of methoxy groups -OCH3 is 2. The van der Waals surface area contributed by atoms with E-state index in [-0.39, 0.29) is 12.1 Å². The number of nitrogens with one attached hydrogen (secondary N) is 2. The van der Waals surface area contributed by atoms with Crippen molar-refractivity contribution in [1.29, 1.82) is 0 Å². The van der Waals surface area contributed by atoms with Gasteiger partial charge in [-0.15, -0.1) is 0 Å². The first-order valence-electron chi connectivity index (χ1n) is 8.32. The minimum atomic E-state index is 0.0906. The molecule has 1 aromatic rings. The number of hydrogen-bond donors (Lipinski definition) is 3. The minimum Gasteiger partial charge on any atom is -0.493 e. The third kappa shape index (κ3) is 3.19. The van der Waals surface area contributed by atoms with Crippen LogP contribution in [0.15, 0.2) is 12.1 Å². The summed E-state index contributed by atoms with van der Waals surface area (Å²) >= 11 is 0. The Morgan fingerprint density at radius 1 is 1.17 bits per heavy atom. The molecule has 23 heavy (non-hydrogen) atoms. The highest BCUT2D eigenvalue weighted by Crippen LogP contribution is 2.44. The fraction of sp³-hybridized carbons (Fsp3) is 0.647. The van der Waals surface area contributed by atoms with E-state index in [1.807, 2.05) is 12.1 Å². The fourth-order valence-corrected chi connectivity index (χ4v) is 3.66. The minimum absolute atomic E-state index is 0.0906. The second-order valence-corrected chi connectivity index (χ2v) is 6.38. The Hall–Kier alpha value is -1.66. The number of aliphatic hydroxyl groups excluding tert-OH is 1. The van der Waals surface area contributed by atoms with Gasteiger partial charge in [0.15, 0.2) is 11.5 Å². The summed E-state index contributed by atoms with van der Waals surface area (Å²) in [6, 6.07) is 4.07. The van der Waals surface area contributed by atoms with Crippen molar-refractivity contribution in [2.75, 3.05) is 57.2 Å². The number of nitrogens with zero attached hydrogens (tertiary/aromatic N) is 1. The van der Waals surface area contributed by atoms with Crippen LogP contribution in [0.25, 0.3) is 0 Å². The summed E-state index contributed by atoms with van der Waals surface area (Å²) in [6.45, 7) is 4.07. The number of piperidine rings is 1. The Kier molecular flexibility index (Phi) is 4.82. The summed E-state index contributed by atoms with van der Waals surface area (Å²) in [4.78, 5) is 2.37. The molecule has 0 atom stereocenters. The van der Waals surface area contributed by atoms with E-state index in [0.29, 0.717) is 0 Å². The van der Waals surface area contributed by atoms with Crippen LogP contribution in [0.5, 0.6) is 11.5 Å². The first-order valence-corrected chi connectivity index (χ1v) is 8.32. The van der Waals surface area contributed by atoms with Crippen LogP contribution in [0.4, 0.5) is 11.4 Å². The summed E-state index contributed by atoms with van der Waals surface area (Å²) in [5.41, 5.74) is 2.31. The number of rotatable bonds is 5. The van der Waals surface area contributed by atoms with E-state index in [9.17, 15) is 5.11 Å². The van der Waals surface area contributed by atoms with E-state index in [2.05, 4.69) is 15.5 Å².